The van der Waals surface area contributed by atoms with Crippen molar-refractivity contribution in [1.82, 2.24) is 0 Å². The molecule has 0 bridgehead atoms. The van der Waals surface area contributed by atoms with Crippen LogP contribution in [0, 0.1) is 0 Å². The zero-order valence-electron chi connectivity index (χ0n) is 12.7. The summed E-state index contributed by atoms with van der Waals surface area (Å²) in [4.78, 5) is 25.9. The van der Waals surface area contributed by atoms with E-state index in [0.29, 0.717) is 17.0 Å². The number of benzene rings is 2. The molecule has 5 heteroatoms. The fourth-order valence-electron chi connectivity index (χ4n) is 2.73. The van der Waals surface area contributed by atoms with Crippen molar-refractivity contribution in [3.63, 3.8) is 0 Å². The summed E-state index contributed by atoms with van der Waals surface area (Å²) in [6.45, 7) is 1.95. The van der Waals surface area contributed by atoms with E-state index in [1.807, 2.05) is 37.3 Å². The van der Waals surface area contributed by atoms with Crippen molar-refractivity contribution in [3.8, 4) is 5.75 Å². The van der Waals surface area contributed by atoms with Crippen molar-refractivity contribution in [3.05, 3.63) is 59.7 Å². The fraction of sp³-hybridized carbons (Fsp3) is 0.222. The molecule has 23 heavy (non-hydrogen) atoms. The fourth-order valence-corrected chi connectivity index (χ4v) is 2.88. The van der Waals surface area contributed by atoms with Gasteiger partial charge in [0, 0.05) is 5.56 Å². The average molecular weight is 330 g/mol. The minimum Gasteiger partial charge on any atom is -0.482 e. The van der Waals surface area contributed by atoms with Gasteiger partial charge in [-0.25, -0.2) is 0 Å². The Kier molecular flexibility index (Phi) is 4.35. The molecule has 1 heterocycles. The molecule has 0 aromatic heterocycles. The smallest absolute Gasteiger partial charge is 0.265 e. The van der Waals surface area contributed by atoms with Crippen molar-refractivity contribution in [2.45, 2.75) is 13.0 Å². The van der Waals surface area contributed by atoms with Gasteiger partial charge in [0.25, 0.3) is 5.91 Å². The second-order valence-corrected chi connectivity index (χ2v) is 5.65. The number of hydrogen-bond donors (Lipinski definition) is 0. The second-order valence-electron chi connectivity index (χ2n) is 5.38. The number of carbonyl (C=O) groups excluding carboxylic acids is 2. The van der Waals surface area contributed by atoms with Crippen LogP contribution in [-0.2, 0) is 4.79 Å². The Morgan fingerprint density at radius 1 is 1.26 bits per heavy atom. The molecule has 1 aliphatic heterocycles. The number of alkyl halides is 1. The molecule has 1 atom stereocenters. The van der Waals surface area contributed by atoms with E-state index in [0.717, 1.165) is 5.56 Å². The summed E-state index contributed by atoms with van der Waals surface area (Å²) < 4.78 is 5.48. The number of rotatable bonds is 4. The first-order valence-electron chi connectivity index (χ1n) is 7.35. The minimum atomic E-state index is -0.181. The molecule has 1 unspecified atom stereocenters. The lowest BCUT2D eigenvalue weighted by Gasteiger charge is -2.34. The van der Waals surface area contributed by atoms with E-state index in [1.54, 1.807) is 23.1 Å². The third kappa shape index (κ3) is 2.94. The van der Waals surface area contributed by atoms with Gasteiger partial charge in [0.15, 0.2) is 12.4 Å². The van der Waals surface area contributed by atoms with E-state index in [4.69, 9.17) is 16.3 Å². The predicted octanol–water partition coefficient (Wildman–Crippen LogP) is 3.59. The van der Waals surface area contributed by atoms with Gasteiger partial charge in [-0.2, -0.15) is 0 Å². The number of nitrogens with zero attached hydrogens (tertiary/aromatic N) is 1. The standard InChI is InChI=1S/C18H16ClNO3/c1-12(13-5-3-2-4-6-13)20-15-9-14(16(21)10-19)7-8-17(15)23-11-18(20)22/h2-9,12H,10-11H2,1H3. The van der Waals surface area contributed by atoms with Crippen molar-refractivity contribution in [2.24, 2.45) is 0 Å². The van der Waals surface area contributed by atoms with Crippen LogP contribution in [-0.4, -0.2) is 24.2 Å². The van der Waals surface area contributed by atoms with Crippen molar-refractivity contribution < 1.29 is 14.3 Å². The van der Waals surface area contributed by atoms with Gasteiger partial charge < -0.3 is 4.74 Å². The van der Waals surface area contributed by atoms with Gasteiger partial charge in [-0.15, -0.1) is 11.6 Å². The molecule has 1 aliphatic rings. The highest BCUT2D eigenvalue weighted by molar-refractivity contribution is 6.30. The van der Waals surface area contributed by atoms with Crippen LogP contribution < -0.4 is 9.64 Å². The zero-order valence-corrected chi connectivity index (χ0v) is 13.4. The Hall–Kier alpha value is -2.33. The molecule has 0 saturated carbocycles. The summed E-state index contributed by atoms with van der Waals surface area (Å²) in [7, 11) is 0. The predicted molar refractivity (Wildman–Crippen MR) is 89.3 cm³/mol. The number of ketones is 1. The quantitative estimate of drug-likeness (QED) is 0.636. The number of halogens is 1. The number of anilines is 1. The zero-order chi connectivity index (χ0) is 16.4. The molecule has 0 saturated heterocycles. The van der Waals surface area contributed by atoms with E-state index in [2.05, 4.69) is 0 Å². The van der Waals surface area contributed by atoms with Gasteiger partial charge in [0.1, 0.15) is 5.75 Å². The molecule has 3 rings (SSSR count). The van der Waals surface area contributed by atoms with Gasteiger partial charge in [0.05, 0.1) is 17.6 Å². The molecule has 0 radical (unpaired) electrons. The Morgan fingerprint density at radius 2 is 2.00 bits per heavy atom. The Balaban J connectivity index is 2.05. The molecule has 0 aliphatic carbocycles. The molecule has 1 amide bonds. The maximum absolute atomic E-state index is 12.4. The normalized spacial score (nSPS) is 14.9. The van der Waals surface area contributed by atoms with Gasteiger partial charge in [-0.3, -0.25) is 14.5 Å². The number of Topliss-reactive ketones (excluding diaryl/α,β-unsaturated/α-hetero) is 1. The van der Waals surface area contributed by atoms with Crippen LogP contribution >= 0.6 is 11.6 Å². The Morgan fingerprint density at radius 3 is 2.70 bits per heavy atom. The number of amides is 1. The van der Waals surface area contributed by atoms with Crippen LogP contribution in [0.3, 0.4) is 0 Å². The number of fused-ring (bicyclic) bond motifs is 1. The molecule has 2 aromatic carbocycles. The Bertz CT molecular complexity index is 745. The van der Waals surface area contributed by atoms with Crippen molar-refractivity contribution in [2.75, 3.05) is 17.4 Å². The minimum absolute atomic E-state index is 0.00697. The van der Waals surface area contributed by atoms with E-state index < -0.39 is 0 Å². The third-order valence-corrected chi connectivity index (χ3v) is 4.19. The highest BCUT2D eigenvalue weighted by atomic mass is 35.5. The first kappa shape index (κ1) is 15.6. The monoisotopic (exact) mass is 329 g/mol. The molecule has 118 valence electrons. The molecule has 0 fully saturated rings. The second kappa shape index (κ2) is 6.42. The average Bonchev–Trinajstić information content (AvgIpc) is 2.60. The Labute approximate surface area is 139 Å². The van der Waals surface area contributed by atoms with E-state index in [9.17, 15) is 9.59 Å². The summed E-state index contributed by atoms with van der Waals surface area (Å²) in [5.74, 6) is 0.185. The van der Waals surface area contributed by atoms with Crippen LogP contribution in [0.1, 0.15) is 28.9 Å². The lowest BCUT2D eigenvalue weighted by atomic mass is 10.0. The summed E-state index contributed by atoms with van der Waals surface area (Å²) in [5, 5.41) is 0. The molecular formula is C18H16ClNO3. The van der Waals surface area contributed by atoms with E-state index in [1.165, 1.54) is 0 Å². The van der Waals surface area contributed by atoms with Crippen LogP contribution in [0.25, 0.3) is 0 Å². The SMILES string of the molecule is CC(c1ccccc1)N1C(=O)COc2ccc(C(=O)CCl)cc21. The highest BCUT2D eigenvalue weighted by Gasteiger charge is 2.30. The van der Waals surface area contributed by atoms with Gasteiger partial charge in [-0.05, 0) is 30.7 Å². The van der Waals surface area contributed by atoms with Crippen LogP contribution in [0.15, 0.2) is 48.5 Å². The van der Waals surface area contributed by atoms with Gasteiger partial charge in [-0.1, -0.05) is 30.3 Å². The maximum atomic E-state index is 12.4. The molecule has 2 aromatic rings. The van der Waals surface area contributed by atoms with E-state index in [-0.39, 0.29) is 30.2 Å². The molecule has 0 N–H and O–H groups in total. The molecule has 4 nitrogen and oxygen atoms in total. The summed E-state index contributed by atoms with van der Waals surface area (Å²) in [5.41, 5.74) is 2.10. The lowest BCUT2D eigenvalue weighted by molar-refractivity contribution is -0.121. The van der Waals surface area contributed by atoms with Crippen molar-refractivity contribution in [1.29, 1.82) is 0 Å². The first-order chi connectivity index (χ1) is 11.1. The molecule has 0 spiro atoms. The highest BCUT2D eigenvalue weighted by Crippen LogP contribution is 2.38. The maximum Gasteiger partial charge on any atom is 0.265 e. The van der Waals surface area contributed by atoms with Crippen molar-refractivity contribution >= 4 is 29.0 Å². The topological polar surface area (TPSA) is 46.6 Å². The van der Waals surface area contributed by atoms with Crippen LogP contribution in [0.5, 0.6) is 5.75 Å². The summed E-state index contributed by atoms with van der Waals surface area (Å²) in [6, 6.07) is 14.7. The van der Waals surface area contributed by atoms with Crippen LogP contribution in [0.4, 0.5) is 5.69 Å². The number of carbonyl (C=O) groups is 2. The lowest BCUT2D eigenvalue weighted by Crippen LogP contribution is -2.40. The summed E-state index contributed by atoms with van der Waals surface area (Å²) in [6.07, 6.45) is 0. The third-order valence-electron chi connectivity index (χ3n) is 3.95. The van der Waals surface area contributed by atoms with Gasteiger partial charge >= 0.3 is 0 Å². The number of ether oxygens (including phenoxy) is 1. The molecular weight excluding hydrogens is 314 g/mol. The van der Waals surface area contributed by atoms with Gasteiger partial charge in [0.2, 0.25) is 0 Å². The first-order valence-corrected chi connectivity index (χ1v) is 7.88. The van der Waals surface area contributed by atoms with E-state index >= 15 is 0 Å². The number of hydrogen-bond acceptors (Lipinski definition) is 3. The van der Waals surface area contributed by atoms with Crippen LogP contribution in [0.2, 0.25) is 0 Å². The summed E-state index contributed by atoms with van der Waals surface area (Å²) >= 11 is 5.63. The largest absolute Gasteiger partial charge is 0.482 e.